The largest absolute Gasteiger partial charge is 0.364 e. The van der Waals surface area contributed by atoms with Crippen LogP contribution in [0.3, 0.4) is 0 Å². The topological polar surface area (TPSA) is 71.6 Å². The van der Waals surface area contributed by atoms with Crippen molar-refractivity contribution in [3.8, 4) is 0 Å². The second kappa shape index (κ2) is 3.59. The summed E-state index contributed by atoms with van der Waals surface area (Å²) in [5.41, 5.74) is 5.66. The summed E-state index contributed by atoms with van der Waals surface area (Å²) in [6.07, 6.45) is 4.84. The van der Waals surface area contributed by atoms with Crippen LogP contribution in [0.2, 0.25) is 0 Å². The molecule has 0 bridgehead atoms. The van der Waals surface area contributed by atoms with Gasteiger partial charge in [-0.3, -0.25) is 14.7 Å². The molecule has 0 unspecified atom stereocenters. The van der Waals surface area contributed by atoms with E-state index in [1.165, 1.54) is 11.3 Å². The van der Waals surface area contributed by atoms with Gasteiger partial charge in [-0.1, -0.05) is 0 Å². The molecule has 1 aromatic rings. The second-order valence-electron chi connectivity index (χ2n) is 2.63. The first-order valence-corrected chi connectivity index (χ1v) is 4.84. The van der Waals surface area contributed by atoms with Gasteiger partial charge < -0.3 is 5.73 Å². The van der Waals surface area contributed by atoms with Gasteiger partial charge in [-0.05, 0) is 6.08 Å². The van der Waals surface area contributed by atoms with Crippen molar-refractivity contribution in [2.45, 2.75) is 0 Å². The lowest BCUT2D eigenvalue weighted by Crippen LogP contribution is -2.33. The van der Waals surface area contributed by atoms with Gasteiger partial charge in [0.15, 0.2) is 5.13 Å². The molecule has 1 aliphatic heterocycles. The fourth-order valence-electron chi connectivity index (χ4n) is 1.15. The fourth-order valence-corrected chi connectivity index (χ4v) is 1.79. The second-order valence-corrected chi connectivity index (χ2v) is 3.50. The zero-order chi connectivity index (χ0) is 9.97. The Balaban J connectivity index is 2.33. The Kier molecular flexibility index (Phi) is 2.28. The van der Waals surface area contributed by atoms with Crippen molar-refractivity contribution < 1.29 is 4.79 Å². The van der Waals surface area contributed by atoms with E-state index < -0.39 is 5.91 Å². The quantitative estimate of drug-likeness (QED) is 0.762. The van der Waals surface area contributed by atoms with Crippen LogP contribution in [0.25, 0.3) is 0 Å². The van der Waals surface area contributed by atoms with E-state index in [1.54, 1.807) is 23.4 Å². The predicted octanol–water partition coefficient (Wildman–Crippen LogP) is 0.361. The molecule has 0 fully saturated rings. The van der Waals surface area contributed by atoms with Gasteiger partial charge in [-0.15, -0.1) is 11.3 Å². The molecular formula is C8H8N4OS. The number of aromatic nitrogens is 1. The van der Waals surface area contributed by atoms with Crippen molar-refractivity contribution in [2.75, 3.05) is 11.6 Å². The first kappa shape index (κ1) is 8.89. The Morgan fingerprint density at radius 3 is 3.14 bits per heavy atom. The van der Waals surface area contributed by atoms with Crippen molar-refractivity contribution in [3.63, 3.8) is 0 Å². The minimum atomic E-state index is -0.466. The van der Waals surface area contributed by atoms with Crippen LogP contribution in [0.1, 0.15) is 0 Å². The molecule has 14 heavy (non-hydrogen) atoms. The van der Waals surface area contributed by atoms with Crippen LogP contribution in [0.5, 0.6) is 0 Å². The number of hydrogen-bond acceptors (Lipinski definition) is 5. The molecule has 0 radical (unpaired) electrons. The molecule has 0 aliphatic carbocycles. The number of rotatable bonds is 2. The van der Waals surface area contributed by atoms with Crippen molar-refractivity contribution in [3.05, 3.63) is 23.3 Å². The first-order chi connectivity index (χ1) is 6.79. The number of allylic oxidation sites excluding steroid dienone is 1. The maximum Gasteiger partial charge on any atom is 0.265 e. The summed E-state index contributed by atoms with van der Waals surface area (Å²) in [4.78, 5) is 20.9. The predicted molar refractivity (Wildman–Crippen MR) is 55.2 cm³/mol. The highest BCUT2D eigenvalue weighted by atomic mass is 32.1. The molecule has 72 valence electrons. The van der Waals surface area contributed by atoms with Crippen LogP contribution in [0.4, 0.5) is 5.13 Å². The van der Waals surface area contributed by atoms with Gasteiger partial charge in [0.25, 0.3) is 5.91 Å². The third-order valence-electron chi connectivity index (χ3n) is 1.75. The highest BCUT2D eigenvalue weighted by Gasteiger charge is 2.19. The molecule has 0 spiro atoms. The summed E-state index contributed by atoms with van der Waals surface area (Å²) in [5.74, 6) is -0.466. The Morgan fingerprint density at radius 2 is 2.50 bits per heavy atom. The number of primary amides is 1. The molecule has 0 atom stereocenters. The van der Waals surface area contributed by atoms with Gasteiger partial charge >= 0.3 is 0 Å². The molecule has 6 heteroatoms. The highest BCUT2D eigenvalue weighted by Crippen LogP contribution is 2.22. The van der Waals surface area contributed by atoms with Crippen LogP contribution in [-0.2, 0) is 4.79 Å². The SMILES string of the molecule is NC(=O)C1=CC=NCN1c1nccs1. The molecule has 0 saturated carbocycles. The van der Waals surface area contributed by atoms with E-state index in [0.717, 1.165) is 5.13 Å². The molecule has 0 saturated heterocycles. The van der Waals surface area contributed by atoms with Gasteiger partial charge in [0.05, 0.1) is 0 Å². The van der Waals surface area contributed by atoms with Crippen LogP contribution in [0.15, 0.2) is 28.3 Å². The zero-order valence-electron chi connectivity index (χ0n) is 7.25. The number of carbonyl (C=O) groups excluding carboxylic acids is 1. The Labute approximate surface area is 84.6 Å². The third kappa shape index (κ3) is 1.51. The van der Waals surface area contributed by atoms with E-state index in [0.29, 0.717) is 12.4 Å². The third-order valence-corrected chi connectivity index (χ3v) is 2.55. The number of thiazole rings is 1. The summed E-state index contributed by atoms with van der Waals surface area (Å²) in [6.45, 7) is 0.391. The maximum absolute atomic E-state index is 11.1. The molecule has 1 aliphatic rings. The summed E-state index contributed by atoms with van der Waals surface area (Å²) >= 11 is 1.44. The van der Waals surface area contributed by atoms with Gasteiger partial charge in [0.1, 0.15) is 12.4 Å². The molecular weight excluding hydrogens is 200 g/mol. The van der Waals surface area contributed by atoms with E-state index in [9.17, 15) is 4.79 Å². The number of aliphatic imine (C=N–C) groups is 1. The number of carbonyl (C=O) groups is 1. The lowest BCUT2D eigenvalue weighted by molar-refractivity contribution is -0.114. The minimum Gasteiger partial charge on any atom is -0.364 e. The zero-order valence-corrected chi connectivity index (χ0v) is 8.07. The maximum atomic E-state index is 11.1. The van der Waals surface area contributed by atoms with E-state index in [2.05, 4.69) is 9.98 Å². The summed E-state index contributed by atoms with van der Waals surface area (Å²) < 4.78 is 0. The van der Waals surface area contributed by atoms with Gasteiger partial charge in [-0.25, -0.2) is 4.98 Å². The van der Waals surface area contributed by atoms with Gasteiger partial charge in [0, 0.05) is 17.8 Å². The van der Waals surface area contributed by atoms with Crippen LogP contribution < -0.4 is 10.6 Å². The van der Waals surface area contributed by atoms with Crippen LogP contribution in [0, 0.1) is 0 Å². The summed E-state index contributed by atoms with van der Waals surface area (Å²) in [7, 11) is 0. The van der Waals surface area contributed by atoms with Crippen molar-refractivity contribution in [2.24, 2.45) is 10.7 Å². The first-order valence-electron chi connectivity index (χ1n) is 3.96. The lowest BCUT2D eigenvalue weighted by Gasteiger charge is -2.22. The van der Waals surface area contributed by atoms with E-state index >= 15 is 0 Å². The Morgan fingerprint density at radius 1 is 1.64 bits per heavy atom. The van der Waals surface area contributed by atoms with Crippen LogP contribution in [-0.4, -0.2) is 23.8 Å². The number of amides is 1. The van der Waals surface area contributed by atoms with Gasteiger partial charge in [-0.2, -0.15) is 0 Å². The number of nitrogens with zero attached hydrogens (tertiary/aromatic N) is 3. The van der Waals surface area contributed by atoms with Crippen molar-refractivity contribution >= 4 is 28.6 Å². The van der Waals surface area contributed by atoms with E-state index in [4.69, 9.17) is 5.73 Å². The monoisotopic (exact) mass is 208 g/mol. The summed E-state index contributed by atoms with van der Waals surface area (Å²) in [5, 5.41) is 2.57. The lowest BCUT2D eigenvalue weighted by atomic mass is 10.3. The molecule has 0 aromatic carbocycles. The van der Waals surface area contributed by atoms with E-state index in [-0.39, 0.29) is 0 Å². The molecule has 2 N–H and O–H groups in total. The Hall–Kier alpha value is -1.69. The van der Waals surface area contributed by atoms with Crippen molar-refractivity contribution in [1.82, 2.24) is 4.98 Å². The number of nitrogens with two attached hydrogens (primary N) is 1. The molecule has 2 rings (SSSR count). The fraction of sp³-hybridized carbons (Fsp3) is 0.125. The normalized spacial score (nSPS) is 15.4. The van der Waals surface area contributed by atoms with Crippen LogP contribution >= 0.6 is 11.3 Å². The van der Waals surface area contributed by atoms with E-state index in [1.807, 2.05) is 5.38 Å². The molecule has 1 aromatic heterocycles. The van der Waals surface area contributed by atoms with Gasteiger partial charge in [0.2, 0.25) is 0 Å². The summed E-state index contributed by atoms with van der Waals surface area (Å²) in [6, 6.07) is 0. The molecule has 1 amide bonds. The van der Waals surface area contributed by atoms with Crippen molar-refractivity contribution in [1.29, 1.82) is 0 Å². The standard InChI is InChI=1S/C8H8N4OS/c9-7(13)6-1-2-10-5-12(6)8-11-3-4-14-8/h1-4H,5H2,(H2,9,13). The minimum absolute atomic E-state index is 0.391. The average Bonchev–Trinajstić information content (AvgIpc) is 2.70. The molecule has 2 heterocycles. The smallest absolute Gasteiger partial charge is 0.265 e. The average molecular weight is 208 g/mol. The number of anilines is 1. The molecule has 5 nitrogen and oxygen atoms in total. The highest BCUT2D eigenvalue weighted by molar-refractivity contribution is 7.13. The number of hydrogen-bond donors (Lipinski definition) is 1. The Bertz CT molecular complexity index is 395.